The van der Waals surface area contributed by atoms with Gasteiger partial charge >= 0.3 is 0 Å². The smallest absolute Gasteiger partial charge is 0.156 e. The minimum atomic E-state index is -3.19. The van der Waals surface area contributed by atoms with Gasteiger partial charge in [-0.15, -0.1) is 0 Å². The Hall–Kier alpha value is -1.18. The normalized spacial score (nSPS) is 24.7. The minimum Gasteiger partial charge on any atom is -0.485 e. The summed E-state index contributed by atoms with van der Waals surface area (Å²) in [5.41, 5.74) is 0.894. The molecule has 7 heteroatoms. The first-order valence-corrected chi connectivity index (χ1v) is 8.53. The van der Waals surface area contributed by atoms with E-state index in [-0.39, 0.29) is 11.5 Å². The molecule has 0 aliphatic carbocycles. The van der Waals surface area contributed by atoms with Crippen molar-refractivity contribution in [2.24, 2.45) is 0 Å². The number of nitrogens with one attached hydrogen (secondary N) is 1. The van der Waals surface area contributed by atoms with Crippen LogP contribution in [0.4, 0.5) is 0 Å². The Bertz CT molecular complexity index is 530. The van der Waals surface area contributed by atoms with Gasteiger partial charge in [0.25, 0.3) is 0 Å². The zero-order chi connectivity index (χ0) is 14.6. The summed E-state index contributed by atoms with van der Waals surface area (Å²) in [6, 6.07) is 3.57. The van der Waals surface area contributed by atoms with Crippen LogP contribution in [0.2, 0.25) is 0 Å². The van der Waals surface area contributed by atoms with Gasteiger partial charge in [0.2, 0.25) is 0 Å². The van der Waals surface area contributed by atoms with Crippen molar-refractivity contribution >= 4 is 9.84 Å². The molecule has 1 aliphatic rings. The maximum absolute atomic E-state index is 11.4. The van der Waals surface area contributed by atoms with E-state index in [1.54, 1.807) is 12.3 Å². The summed E-state index contributed by atoms with van der Waals surface area (Å²) in [4.78, 5) is 4.24. The Kier molecular flexibility index (Phi) is 4.95. The van der Waals surface area contributed by atoms with Gasteiger partial charge < -0.3 is 15.2 Å². The van der Waals surface area contributed by atoms with Crippen molar-refractivity contribution in [1.82, 2.24) is 10.3 Å². The topological polar surface area (TPSA) is 88.5 Å². The van der Waals surface area contributed by atoms with Gasteiger partial charge in [0.15, 0.2) is 9.84 Å². The molecule has 1 aromatic rings. The molecule has 2 unspecified atom stereocenters. The van der Waals surface area contributed by atoms with E-state index in [0.29, 0.717) is 12.3 Å². The lowest BCUT2D eigenvalue weighted by molar-refractivity contribution is 0.0735. The second-order valence-corrected chi connectivity index (χ2v) is 7.12. The maximum atomic E-state index is 11.4. The fourth-order valence-corrected chi connectivity index (χ4v) is 3.72. The molecule has 0 radical (unpaired) electrons. The number of sulfone groups is 1. The van der Waals surface area contributed by atoms with Crippen LogP contribution in [0.25, 0.3) is 0 Å². The van der Waals surface area contributed by atoms with Gasteiger partial charge in [-0.2, -0.15) is 0 Å². The highest BCUT2D eigenvalue weighted by molar-refractivity contribution is 7.91. The Labute approximate surface area is 119 Å². The first-order valence-electron chi connectivity index (χ1n) is 6.71. The number of aromatic nitrogens is 1. The summed E-state index contributed by atoms with van der Waals surface area (Å²) in [5.74, 6) is 0.100. The predicted octanol–water partition coefficient (Wildman–Crippen LogP) is 0.118. The standard InChI is InChI=1S/C13H20N2O4S/c1-2-5-14-6-10-3-4-11(7-15-10)19-13-9-20(17,18)8-12(13)16/h3-4,7,12-14,16H,2,5-6,8-9H2,1H3. The van der Waals surface area contributed by atoms with Crippen LogP contribution in [0.3, 0.4) is 0 Å². The van der Waals surface area contributed by atoms with Gasteiger partial charge in [0.05, 0.1) is 23.4 Å². The second kappa shape index (κ2) is 6.51. The molecule has 2 N–H and O–H groups in total. The first-order chi connectivity index (χ1) is 9.50. The highest BCUT2D eigenvalue weighted by Gasteiger charge is 2.38. The first kappa shape index (κ1) is 15.2. The van der Waals surface area contributed by atoms with Crippen LogP contribution in [0.15, 0.2) is 18.3 Å². The molecule has 6 nitrogen and oxygen atoms in total. The highest BCUT2D eigenvalue weighted by Crippen LogP contribution is 2.19. The Morgan fingerprint density at radius 2 is 2.25 bits per heavy atom. The van der Waals surface area contributed by atoms with Crippen LogP contribution in [0.1, 0.15) is 19.0 Å². The molecule has 0 amide bonds. The molecule has 0 aromatic carbocycles. The van der Waals surface area contributed by atoms with Crippen LogP contribution in [-0.4, -0.2) is 48.8 Å². The Morgan fingerprint density at radius 1 is 1.45 bits per heavy atom. The molecule has 0 saturated carbocycles. The summed E-state index contributed by atoms with van der Waals surface area (Å²) in [7, 11) is -3.19. The van der Waals surface area contributed by atoms with Crippen molar-refractivity contribution in [1.29, 1.82) is 0 Å². The molecule has 1 fully saturated rings. The van der Waals surface area contributed by atoms with Crippen LogP contribution < -0.4 is 10.1 Å². The molecule has 1 aromatic heterocycles. The summed E-state index contributed by atoms with van der Waals surface area (Å²) < 4.78 is 28.2. The van der Waals surface area contributed by atoms with E-state index in [1.165, 1.54) is 0 Å². The maximum Gasteiger partial charge on any atom is 0.156 e. The molecule has 20 heavy (non-hydrogen) atoms. The monoisotopic (exact) mass is 300 g/mol. The summed E-state index contributed by atoms with van der Waals surface area (Å²) in [6.45, 7) is 3.72. The molecule has 0 bridgehead atoms. The molecule has 112 valence electrons. The van der Waals surface area contributed by atoms with Crippen molar-refractivity contribution < 1.29 is 18.3 Å². The van der Waals surface area contributed by atoms with Crippen LogP contribution in [-0.2, 0) is 16.4 Å². The zero-order valence-corrected chi connectivity index (χ0v) is 12.3. The number of aliphatic hydroxyl groups is 1. The van der Waals surface area contributed by atoms with Crippen molar-refractivity contribution in [3.63, 3.8) is 0 Å². The van der Waals surface area contributed by atoms with E-state index < -0.39 is 22.0 Å². The van der Waals surface area contributed by atoms with E-state index in [0.717, 1.165) is 18.7 Å². The van der Waals surface area contributed by atoms with Gasteiger partial charge in [-0.1, -0.05) is 6.92 Å². The number of rotatable bonds is 6. The average molecular weight is 300 g/mol. The summed E-state index contributed by atoms with van der Waals surface area (Å²) in [6.07, 6.45) is 0.951. The zero-order valence-electron chi connectivity index (χ0n) is 11.4. The van der Waals surface area contributed by atoms with Crippen molar-refractivity contribution in [2.75, 3.05) is 18.1 Å². The third kappa shape index (κ3) is 4.16. The van der Waals surface area contributed by atoms with Gasteiger partial charge in [-0.3, -0.25) is 4.98 Å². The third-order valence-electron chi connectivity index (χ3n) is 3.09. The molecule has 2 atom stereocenters. The largest absolute Gasteiger partial charge is 0.485 e. The van der Waals surface area contributed by atoms with Crippen molar-refractivity contribution in [2.45, 2.75) is 32.1 Å². The fraction of sp³-hybridized carbons (Fsp3) is 0.615. The lowest BCUT2D eigenvalue weighted by atomic mass is 10.2. The number of pyridine rings is 1. The van der Waals surface area contributed by atoms with E-state index in [4.69, 9.17) is 4.74 Å². The lowest BCUT2D eigenvalue weighted by Crippen LogP contribution is -2.29. The SMILES string of the molecule is CCCNCc1ccc(OC2CS(=O)(=O)CC2O)cn1. The van der Waals surface area contributed by atoms with Gasteiger partial charge in [-0.25, -0.2) is 8.42 Å². The molecular formula is C13H20N2O4S. The number of aliphatic hydroxyl groups excluding tert-OH is 1. The lowest BCUT2D eigenvalue weighted by Gasteiger charge is -2.15. The van der Waals surface area contributed by atoms with E-state index in [9.17, 15) is 13.5 Å². The molecule has 1 saturated heterocycles. The molecular weight excluding hydrogens is 280 g/mol. The van der Waals surface area contributed by atoms with Gasteiger partial charge in [0.1, 0.15) is 18.0 Å². The van der Waals surface area contributed by atoms with Crippen LogP contribution in [0, 0.1) is 0 Å². The number of hydrogen-bond acceptors (Lipinski definition) is 6. The predicted molar refractivity (Wildman–Crippen MR) is 75.3 cm³/mol. The van der Waals surface area contributed by atoms with Crippen LogP contribution in [0.5, 0.6) is 5.75 Å². The summed E-state index contributed by atoms with van der Waals surface area (Å²) >= 11 is 0. The van der Waals surface area contributed by atoms with E-state index >= 15 is 0 Å². The van der Waals surface area contributed by atoms with E-state index in [2.05, 4.69) is 17.2 Å². The molecule has 1 aliphatic heterocycles. The summed E-state index contributed by atoms with van der Waals surface area (Å²) in [5, 5.41) is 12.9. The second-order valence-electron chi connectivity index (χ2n) is 4.96. The number of nitrogens with zero attached hydrogens (tertiary/aromatic N) is 1. The Balaban J connectivity index is 1.91. The van der Waals surface area contributed by atoms with Crippen molar-refractivity contribution in [3.05, 3.63) is 24.0 Å². The van der Waals surface area contributed by atoms with E-state index in [1.807, 2.05) is 6.07 Å². The molecule has 0 spiro atoms. The quantitative estimate of drug-likeness (QED) is 0.725. The molecule has 2 rings (SSSR count). The van der Waals surface area contributed by atoms with Gasteiger partial charge in [-0.05, 0) is 25.1 Å². The highest BCUT2D eigenvalue weighted by atomic mass is 32.2. The van der Waals surface area contributed by atoms with Crippen LogP contribution >= 0.6 is 0 Å². The van der Waals surface area contributed by atoms with Crippen molar-refractivity contribution in [3.8, 4) is 5.75 Å². The average Bonchev–Trinajstić information content (AvgIpc) is 2.65. The Morgan fingerprint density at radius 3 is 2.80 bits per heavy atom. The molecule has 2 heterocycles. The number of hydrogen-bond donors (Lipinski definition) is 2. The number of ether oxygens (including phenoxy) is 1. The fourth-order valence-electron chi connectivity index (χ4n) is 2.06. The third-order valence-corrected chi connectivity index (χ3v) is 4.78. The van der Waals surface area contributed by atoms with Gasteiger partial charge in [0, 0.05) is 6.54 Å². The minimum absolute atomic E-state index is 0.145.